The molecule has 1 saturated heterocycles. The molecule has 1 aliphatic rings. The van der Waals surface area contributed by atoms with Gasteiger partial charge in [0.05, 0.1) is 11.3 Å². The van der Waals surface area contributed by atoms with Crippen LogP contribution in [0.5, 0.6) is 0 Å². The molecule has 0 bridgehead atoms. The van der Waals surface area contributed by atoms with E-state index in [-0.39, 0.29) is 12.0 Å². The highest BCUT2D eigenvalue weighted by atomic mass is 19.4. The van der Waals surface area contributed by atoms with Gasteiger partial charge in [-0.2, -0.15) is 13.2 Å². The Bertz CT molecular complexity index is 1180. The van der Waals surface area contributed by atoms with Crippen LogP contribution in [0.25, 0.3) is 11.3 Å². The molecule has 0 atom stereocenters. The van der Waals surface area contributed by atoms with E-state index in [2.05, 4.69) is 15.3 Å². The predicted molar refractivity (Wildman–Crippen MR) is 115 cm³/mol. The van der Waals surface area contributed by atoms with Gasteiger partial charge in [0, 0.05) is 55.6 Å². The highest BCUT2D eigenvalue weighted by molar-refractivity contribution is 5.94. The summed E-state index contributed by atoms with van der Waals surface area (Å²) < 4.78 is 52.7. The molecule has 3 heterocycles. The van der Waals surface area contributed by atoms with Crippen LogP contribution in [0, 0.1) is 5.82 Å². The molecular formula is C23H21F4N5O. The van der Waals surface area contributed by atoms with Crippen molar-refractivity contribution in [2.45, 2.75) is 12.6 Å². The van der Waals surface area contributed by atoms with E-state index >= 15 is 0 Å². The van der Waals surface area contributed by atoms with Gasteiger partial charge in [-0.25, -0.2) is 9.37 Å². The molecule has 3 N–H and O–H groups in total. The van der Waals surface area contributed by atoms with Gasteiger partial charge in [0.15, 0.2) is 0 Å². The third kappa shape index (κ3) is 5.28. The minimum absolute atomic E-state index is 0.00201. The molecule has 3 aromatic rings. The van der Waals surface area contributed by atoms with Gasteiger partial charge in [-0.15, -0.1) is 0 Å². The van der Waals surface area contributed by atoms with E-state index < -0.39 is 23.5 Å². The molecule has 0 radical (unpaired) electrons. The van der Waals surface area contributed by atoms with Crippen LogP contribution in [-0.2, 0) is 12.6 Å². The SMILES string of the molecule is NC(=O)c1cc(-c2ccnc(Cc3ccc(C(F)(F)F)cc3F)c2)nc(N2CCNCC2)c1. The Morgan fingerprint density at radius 1 is 1.09 bits per heavy atom. The topological polar surface area (TPSA) is 84.1 Å². The highest BCUT2D eigenvalue weighted by Gasteiger charge is 2.31. The summed E-state index contributed by atoms with van der Waals surface area (Å²) in [5, 5.41) is 3.25. The normalized spacial score (nSPS) is 14.4. The lowest BCUT2D eigenvalue weighted by Crippen LogP contribution is -2.44. The van der Waals surface area contributed by atoms with Gasteiger partial charge in [0.25, 0.3) is 0 Å². The maximum atomic E-state index is 14.3. The number of nitrogens with zero attached hydrogens (tertiary/aromatic N) is 3. The van der Waals surface area contributed by atoms with Gasteiger partial charge in [-0.3, -0.25) is 9.78 Å². The molecule has 33 heavy (non-hydrogen) atoms. The number of piperazine rings is 1. The van der Waals surface area contributed by atoms with Crippen LogP contribution < -0.4 is 16.0 Å². The quantitative estimate of drug-likeness (QED) is 0.572. The third-order valence-electron chi connectivity index (χ3n) is 5.40. The molecule has 0 unspecified atom stereocenters. The van der Waals surface area contributed by atoms with E-state index in [0.717, 1.165) is 38.3 Å². The number of carbonyl (C=O) groups is 1. The van der Waals surface area contributed by atoms with Crippen molar-refractivity contribution in [1.82, 2.24) is 15.3 Å². The molecule has 1 aliphatic heterocycles. The number of nitrogens with two attached hydrogens (primary N) is 1. The molecule has 1 amide bonds. The average Bonchev–Trinajstić information content (AvgIpc) is 2.80. The second kappa shape index (κ2) is 9.14. The van der Waals surface area contributed by atoms with E-state index in [1.54, 1.807) is 24.3 Å². The number of hydrogen-bond acceptors (Lipinski definition) is 5. The number of carbonyl (C=O) groups excluding carboxylic acids is 1. The third-order valence-corrected chi connectivity index (χ3v) is 5.40. The van der Waals surface area contributed by atoms with Crippen molar-refractivity contribution >= 4 is 11.7 Å². The number of amides is 1. The van der Waals surface area contributed by atoms with Crippen molar-refractivity contribution < 1.29 is 22.4 Å². The largest absolute Gasteiger partial charge is 0.416 e. The number of halogens is 4. The van der Waals surface area contributed by atoms with Gasteiger partial charge in [0.1, 0.15) is 11.6 Å². The number of nitrogens with one attached hydrogen (secondary N) is 1. The van der Waals surface area contributed by atoms with Crippen LogP contribution in [0.2, 0.25) is 0 Å². The van der Waals surface area contributed by atoms with E-state index in [1.807, 2.05) is 4.90 Å². The molecule has 2 aromatic heterocycles. The number of primary amides is 1. The molecule has 6 nitrogen and oxygen atoms in total. The first kappa shape index (κ1) is 22.7. The zero-order valence-electron chi connectivity index (χ0n) is 17.5. The Kier molecular flexibility index (Phi) is 6.28. The Labute approximate surface area is 187 Å². The van der Waals surface area contributed by atoms with Gasteiger partial charge in [-0.1, -0.05) is 6.07 Å². The number of anilines is 1. The second-order valence-electron chi connectivity index (χ2n) is 7.72. The van der Waals surface area contributed by atoms with Crippen LogP contribution in [0.4, 0.5) is 23.4 Å². The zero-order valence-corrected chi connectivity index (χ0v) is 17.5. The lowest BCUT2D eigenvalue weighted by molar-refractivity contribution is -0.137. The summed E-state index contributed by atoms with van der Waals surface area (Å²) in [6.45, 7) is 3.03. The smallest absolute Gasteiger partial charge is 0.366 e. The van der Waals surface area contributed by atoms with Gasteiger partial charge in [0.2, 0.25) is 5.91 Å². The number of rotatable bonds is 5. The molecular weight excluding hydrogens is 438 g/mol. The van der Waals surface area contributed by atoms with Crippen LogP contribution in [0.1, 0.15) is 27.2 Å². The summed E-state index contributed by atoms with van der Waals surface area (Å²) in [4.78, 5) is 22.8. The van der Waals surface area contributed by atoms with Crippen LogP contribution in [0.3, 0.4) is 0 Å². The van der Waals surface area contributed by atoms with Gasteiger partial charge >= 0.3 is 6.18 Å². The van der Waals surface area contributed by atoms with Crippen molar-refractivity contribution in [3.63, 3.8) is 0 Å². The lowest BCUT2D eigenvalue weighted by atomic mass is 10.0. The molecule has 0 spiro atoms. The Morgan fingerprint density at radius 2 is 1.85 bits per heavy atom. The Morgan fingerprint density at radius 3 is 2.52 bits per heavy atom. The van der Waals surface area contributed by atoms with E-state index in [9.17, 15) is 22.4 Å². The minimum Gasteiger partial charge on any atom is -0.366 e. The molecule has 1 fully saturated rings. The molecule has 1 aromatic carbocycles. The number of hydrogen-bond donors (Lipinski definition) is 2. The first-order chi connectivity index (χ1) is 15.7. The standard InChI is InChI=1S/C23H21F4N5O/c24-19-13-17(23(25,26)27)2-1-14(19)9-18-10-15(3-4-30-18)20-11-16(22(28)33)12-21(31-20)32-7-5-29-6-8-32/h1-4,10-13,29H,5-9H2,(H2,28,33). The number of benzene rings is 1. The lowest BCUT2D eigenvalue weighted by Gasteiger charge is -2.29. The van der Waals surface area contributed by atoms with Gasteiger partial charge in [-0.05, 0) is 42.0 Å². The number of pyridine rings is 2. The first-order valence-electron chi connectivity index (χ1n) is 10.3. The zero-order chi connectivity index (χ0) is 23.6. The summed E-state index contributed by atoms with van der Waals surface area (Å²) in [5.74, 6) is -0.919. The van der Waals surface area contributed by atoms with Crippen molar-refractivity contribution in [1.29, 1.82) is 0 Å². The van der Waals surface area contributed by atoms with Crippen molar-refractivity contribution in [2.75, 3.05) is 31.1 Å². The van der Waals surface area contributed by atoms with Crippen molar-refractivity contribution in [3.05, 3.63) is 76.9 Å². The predicted octanol–water partition coefficient (Wildman–Crippen LogP) is 3.40. The highest BCUT2D eigenvalue weighted by Crippen LogP contribution is 2.31. The Balaban J connectivity index is 1.65. The van der Waals surface area contributed by atoms with Crippen molar-refractivity contribution in [2.24, 2.45) is 5.73 Å². The first-order valence-corrected chi connectivity index (χ1v) is 10.3. The average molecular weight is 459 g/mol. The fourth-order valence-electron chi connectivity index (χ4n) is 3.66. The van der Waals surface area contributed by atoms with E-state index in [4.69, 9.17) is 5.73 Å². The maximum Gasteiger partial charge on any atom is 0.416 e. The summed E-state index contributed by atoms with van der Waals surface area (Å²) in [5.41, 5.74) is 6.45. The van der Waals surface area contributed by atoms with Crippen LogP contribution >= 0.6 is 0 Å². The van der Waals surface area contributed by atoms with E-state index in [1.165, 1.54) is 6.20 Å². The monoisotopic (exact) mass is 459 g/mol. The summed E-state index contributed by atoms with van der Waals surface area (Å²) in [7, 11) is 0. The summed E-state index contributed by atoms with van der Waals surface area (Å²) in [6.07, 6.45) is -3.11. The van der Waals surface area contributed by atoms with Gasteiger partial charge < -0.3 is 16.0 Å². The maximum absolute atomic E-state index is 14.3. The van der Waals surface area contributed by atoms with E-state index in [0.29, 0.717) is 34.4 Å². The van der Waals surface area contributed by atoms with Crippen LogP contribution in [0.15, 0.2) is 48.7 Å². The molecule has 0 saturated carbocycles. The molecule has 172 valence electrons. The molecule has 0 aliphatic carbocycles. The van der Waals surface area contributed by atoms with Crippen molar-refractivity contribution in [3.8, 4) is 11.3 Å². The fourth-order valence-corrected chi connectivity index (χ4v) is 3.66. The summed E-state index contributed by atoms with van der Waals surface area (Å²) in [6, 6.07) is 9.04. The minimum atomic E-state index is -4.61. The number of aromatic nitrogens is 2. The molecule has 4 rings (SSSR count). The van der Waals surface area contributed by atoms with Crippen LogP contribution in [-0.4, -0.2) is 42.1 Å². The fraction of sp³-hybridized carbons (Fsp3) is 0.261. The number of alkyl halides is 3. The molecule has 10 heteroatoms. The summed E-state index contributed by atoms with van der Waals surface area (Å²) >= 11 is 0. The second-order valence-corrected chi connectivity index (χ2v) is 7.72. The Hall–Kier alpha value is -3.53.